The van der Waals surface area contributed by atoms with Gasteiger partial charge in [0.15, 0.2) is 0 Å². The van der Waals surface area contributed by atoms with E-state index in [-0.39, 0.29) is 0 Å². The molecule has 0 saturated heterocycles. The number of anilines is 1. The molecule has 1 fully saturated rings. The molecule has 4 nitrogen and oxygen atoms in total. The second kappa shape index (κ2) is 5.79. The van der Waals surface area contributed by atoms with E-state index in [9.17, 15) is 8.42 Å². The van der Waals surface area contributed by atoms with Crippen LogP contribution in [-0.4, -0.2) is 14.5 Å². The smallest absolute Gasteiger partial charge is 0.263 e. The van der Waals surface area contributed by atoms with Gasteiger partial charge in [-0.2, -0.15) is 0 Å². The van der Waals surface area contributed by atoms with Gasteiger partial charge in [0.05, 0.1) is 0 Å². The fraction of sp³-hybridized carbons (Fsp3) is 0.333. The van der Waals surface area contributed by atoms with Crippen LogP contribution in [0.2, 0.25) is 0 Å². The van der Waals surface area contributed by atoms with Crippen molar-refractivity contribution in [3.8, 4) is 0 Å². The van der Waals surface area contributed by atoms with Crippen molar-refractivity contribution in [2.24, 2.45) is 0 Å². The quantitative estimate of drug-likeness (QED) is 0.859. The third kappa shape index (κ3) is 3.45. The highest BCUT2D eigenvalue weighted by Gasteiger charge is 2.25. The maximum Gasteiger partial charge on any atom is 0.263 e. The van der Waals surface area contributed by atoms with Gasteiger partial charge in [0.2, 0.25) is 0 Å². The summed E-state index contributed by atoms with van der Waals surface area (Å²) in [5.41, 5.74) is 1.39. The van der Waals surface area contributed by atoms with Crippen LogP contribution in [0.25, 0.3) is 0 Å². The van der Waals surface area contributed by atoms with E-state index in [1.165, 1.54) is 24.2 Å². The van der Waals surface area contributed by atoms with Crippen LogP contribution in [0.4, 0.5) is 5.69 Å². The van der Waals surface area contributed by atoms with Crippen molar-refractivity contribution in [1.29, 1.82) is 0 Å². The molecule has 3 rings (SSSR count). The fourth-order valence-corrected chi connectivity index (χ4v) is 5.03. The van der Waals surface area contributed by atoms with Crippen LogP contribution in [0.3, 0.4) is 0 Å². The minimum atomic E-state index is -3.54. The Labute approximate surface area is 129 Å². The Morgan fingerprint density at radius 3 is 2.62 bits per heavy atom. The van der Waals surface area contributed by atoms with Gasteiger partial charge in [0, 0.05) is 23.2 Å². The lowest BCUT2D eigenvalue weighted by Gasteiger charge is -2.10. The number of para-hydroxylation sites is 1. The van der Waals surface area contributed by atoms with Crippen molar-refractivity contribution in [2.75, 3.05) is 4.72 Å². The lowest BCUT2D eigenvalue weighted by molar-refractivity contribution is 0.598. The van der Waals surface area contributed by atoms with Crippen molar-refractivity contribution >= 4 is 27.0 Å². The van der Waals surface area contributed by atoms with Crippen LogP contribution in [-0.2, 0) is 16.6 Å². The number of nitrogens with one attached hydrogen (secondary N) is 2. The standard InChI is InChI=1S/C15H18N2O2S2/c1-11-10-20-14(9-16-12-7-8-12)15(11)21(18,19)17-13-5-3-2-4-6-13/h2-6,10,12,16-17H,7-9H2,1H3. The molecule has 1 aromatic carbocycles. The summed E-state index contributed by atoms with van der Waals surface area (Å²) in [6.07, 6.45) is 2.38. The van der Waals surface area contributed by atoms with Crippen LogP contribution >= 0.6 is 11.3 Å². The Morgan fingerprint density at radius 1 is 1.24 bits per heavy atom. The topological polar surface area (TPSA) is 58.2 Å². The van der Waals surface area contributed by atoms with Gasteiger partial charge < -0.3 is 5.32 Å². The van der Waals surface area contributed by atoms with E-state index in [4.69, 9.17) is 0 Å². The summed E-state index contributed by atoms with van der Waals surface area (Å²) in [5, 5.41) is 5.29. The van der Waals surface area contributed by atoms with Gasteiger partial charge in [-0.15, -0.1) is 11.3 Å². The number of benzene rings is 1. The molecule has 1 aromatic heterocycles. The maximum absolute atomic E-state index is 12.6. The first kappa shape index (κ1) is 14.6. The van der Waals surface area contributed by atoms with Crippen molar-refractivity contribution in [2.45, 2.75) is 37.2 Å². The molecule has 6 heteroatoms. The van der Waals surface area contributed by atoms with Gasteiger partial charge in [-0.3, -0.25) is 4.72 Å². The molecule has 0 bridgehead atoms. The molecule has 0 radical (unpaired) electrons. The van der Waals surface area contributed by atoms with Crippen LogP contribution in [0, 0.1) is 6.92 Å². The monoisotopic (exact) mass is 322 g/mol. The summed E-state index contributed by atoms with van der Waals surface area (Å²) in [6.45, 7) is 2.46. The number of hydrogen-bond donors (Lipinski definition) is 2. The number of rotatable bonds is 6. The largest absolute Gasteiger partial charge is 0.309 e. The minimum Gasteiger partial charge on any atom is -0.309 e. The Balaban J connectivity index is 1.85. The molecule has 0 unspecified atom stereocenters. The van der Waals surface area contributed by atoms with Gasteiger partial charge in [-0.1, -0.05) is 18.2 Å². The molecule has 1 heterocycles. The highest BCUT2D eigenvalue weighted by Crippen LogP contribution is 2.29. The maximum atomic E-state index is 12.6. The molecule has 21 heavy (non-hydrogen) atoms. The van der Waals surface area contributed by atoms with Crippen LogP contribution in [0.1, 0.15) is 23.3 Å². The molecule has 0 atom stereocenters. The Morgan fingerprint density at radius 2 is 1.95 bits per heavy atom. The molecular formula is C15H18N2O2S2. The van der Waals surface area contributed by atoms with Crippen molar-refractivity contribution < 1.29 is 8.42 Å². The van der Waals surface area contributed by atoms with E-state index < -0.39 is 10.0 Å². The molecule has 2 aromatic rings. The van der Waals surface area contributed by atoms with Crippen LogP contribution in [0.15, 0.2) is 40.6 Å². The predicted molar refractivity (Wildman–Crippen MR) is 86.2 cm³/mol. The van der Waals surface area contributed by atoms with Gasteiger partial charge in [-0.25, -0.2) is 8.42 Å². The van der Waals surface area contributed by atoms with Crippen LogP contribution in [0.5, 0.6) is 0 Å². The number of thiophene rings is 1. The second-order valence-electron chi connectivity index (χ2n) is 5.30. The lowest BCUT2D eigenvalue weighted by Crippen LogP contribution is -2.19. The zero-order chi connectivity index (χ0) is 14.9. The average Bonchev–Trinajstić information content (AvgIpc) is 3.19. The van der Waals surface area contributed by atoms with E-state index in [0.717, 1.165) is 10.4 Å². The summed E-state index contributed by atoms with van der Waals surface area (Å²) in [4.78, 5) is 1.30. The van der Waals surface area contributed by atoms with E-state index in [1.807, 2.05) is 30.5 Å². The molecule has 1 aliphatic carbocycles. The molecule has 112 valence electrons. The Kier molecular flexibility index (Phi) is 4.01. The first-order valence-electron chi connectivity index (χ1n) is 6.94. The van der Waals surface area contributed by atoms with Gasteiger partial charge >= 0.3 is 0 Å². The number of hydrogen-bond acceptors (Lipinski definition) is 4. The lowest BCUT2D eigenvalue weighted by atomic mass is 10.3. The molecule has 0 aliphatic heterocycles. The van der Waals surface area contributed by atoms with Gasteiger partial charge in [0.1, 0.15) is 4.90 Å². The fourth-order valence-electron chi connectivity index (χ4n) is 2.21. The first-order valence-corrected chi connectivity index (χ1v) is 9.31. The summed E-state index contributed by atoms with van der Waals surface area (Å²) < 4.78 is 27.9. The summed E-state index contributed by atoms with van der Waals surface area (Å²) in [7, 11) is -3.54. The summed E-state index contributed by atoms with van der Waals surface area (Å²) >= 11 is 1.50. The van der Waals surface area contributed by atoms with Gasteiger partial charge in [0.25, 0.3) is 10.0 Å². The molecule has 1 saturated carbocycles. The van der Waals surface area contributed by atoms with E-state index >= 15 is 0 Å². The zero-order valence-electron chi connectivity index (χ0n) is 11.8. The number of aryl methyl sites for hydroxylation is 1. The molecule has 0 amide bonds. The third-order valence-electron chi connectivity index (χ3n) is 3.41. The highest BCUT2D eigenvalue weighted by molar-refractivity contribution is 7.93. The normalized spacial score (nSPS) is 15.1. The van der Waals surface area contributed by atoms with Crippen LogP contribution < -0.4 is 10.0 Å². The third-order valence-corrected chi connectivity index (χ3v) is 6.26. The number of sulfonamides is 1. The second-order valence-corrected chi connectivity index (χ2v) is 7.88. The highest BCUT2D eigenvalue weighted by atomic mass is 32.2. The van der Waals surface area contributed by atoms with E-state index in [0.29, 0.717) is 23.2 Å². The molecule has 1 aliphatic rings. The van der Waals surface area contributed by atoms with Gasteiger partial charge in [-0.05, 0) is 42.8 Å². The Bertz CT molecular complexity index is 719. The van der Waals surface area contributed by atoms with Crippen molar-refractivity contribution in [1.82, 2.24) is 5.32 Å². The molecule has 0 spiro atoms. The SMILES string of the molecule is Cc1csc(CNC2CC2)c1S(=O)(=O)Nc1ccccc1. The zero-order valence-corrected chi connectivity index (χ0v) is 13.4. The average molecular weight is 322 g/mol. The molecular weight excluding hydrogens is 304 g/mol. The molecule has 2 N–H and O–H groups in total. The van der Waals surface area contributed by atoms with Crippen molar-refractivity contribution in [3.63, 3.8) is 0 Å². The summed E-state index contributed by atoms with van der Waals surface area (Å²) in [5.74, 6) is 0. The predicted octanol–water partition coefficient (Wildman–Crippen LogP) is 3.11. The minimum absolute atomic E-state index is 0.421. The van der Waals surface area contributed by atoms with Crippen molar-refractivity contribution in [3.05, 3.63) is 46.2 Å². The summed E-state index contributed by atoms with van der Waals surface area (Å²) in [6, 6.07) is 9.55. The van der Waals surface area contributed by atoms with E-state index in [2.05, 4.69) is 10.0 Å². The first-order chi connectivity index (χ1) is 10.1. The Hall–Kier alpha value is -1.37. The van der Waals surface area contributed by atoms with E-state index in [1.54, 1.807) is 12.1 Å².